The Balaban J connectivity index is 1.44. The molecular weight excluding hydrogens is 346 g/mol. The van der Waals surface area contributed by atoms with Crippen molar-refractivity contribution in [1.29, 1.82) is 0 Å². The molecule has 0 aliphatic carbocycles. The molecule has 1 aliphatic heterocycles. The van der Waals surface area contributed by atoms with Crippen molar-refractivity contribution in [1.82, 2.24) is 30.3 Å². The van der Waals surface area contributed by atoms with Gasteiger partial charge in [0.1, 0.15) is 24.5 Å². The van der Waals surface area contributed by atoms with E-state index in [1.165, 1.54) is 0 Å². The van der Waals surface area contributed by atoms with E-state index in [0.717, 1.165) is 76.3 Å². The number of ether oxygens (including phenoxy) is 1. The van der Waals surface area contributed by atoms with E-state index in [1.807, 2.05) is 19.2 Å². The van der Waals surface area contributed by atoms with Crippen molar-refractivity contribution >= 4 is 5.96 Å². The highest BCUT2D eigenvalue weighted by Gasteiger charge is 2.09. The van der Waals surface area contributed by atoms with Gasteiger partial charge in [-0.25, -0.2) is 9.98 Å². The maximum Gasteiger partial charge on any atom is 0.191 e. The Kier molecular flexibility index (Phi) is 7.67. The van der Waals surface area contributed by atoms with Crippen LogP contribution in [0.15, 0.2) is 34.1 Å². The number of aryl methyl sites for hydroxylation is 1. The second-order valence-electron chi connectivity index (χ2n) is 6.46. The first-order chi connectivity index (χ1) is 13.3. The molecule has 0 spiro atoms. The Bertz CT molecular complexity index is 678. The van der Waals surface area contributed by atoms with E-state index >= 15 is 0 Å². The van der Waals surface area contributed by atoms with Gasteiger partial charge in [-0.3, -0.25) is 9.58 Å². The fourth-order valence-electron chi connectivity index (χ4n) is 2.88. The summed E-state index contributed by atoms with van der Waals surface area (Å²) in [5, 5.41) is 10.9. The second kappa shape index (κ2) is 10.7. The fraction of sp³-hybridized carbons (Fsp3) is 0.611. The van der Waals surface area contributed by atoms with Gasteiger partial charge in [0.15, 0.2) is 5.96 Å². The molecule has 0 amide bonds. The summed E-state index contributed by atoms with van der Waals surface area (Å²) < 4.78 is 12.5. The molecule has 148 valence electrons. The first-order valence-corrected chi connectivity index (χ1v) is 9.49. The Labute approximate surface area is 159 Å². The molecule has 0 atom stereocenters. The molecule has 0 saturated carbocycles. The summed E-state index contributed by atoms with van der Waals surface area (Å²) in [5.41, 5.74) is 0. The standard InChI is InChI=1S/C18H29N7O2/c1-24-17(22-15-23-24)14-21-18(20-7-5-16-4-2-11-27-16)19-6-3-8-25-9-12-26-13-10-25/h2,4,11,15H,3,5-10,12-14H2,1H3,(H2,19,20,21). The van der Waals surface area contributed by atoms with Crippen molar-refractivity contribution in [2.24, 2.45) is 12.0 Å². The van der Waals surface area contributed by atoms with Gasteiger partial charge < -0.3 is 19.8 Å². The molecular formula is C18H29N7O2. The van der Waals surface area contributed by atoms with Crippen LogP contribution in [-0.4, -0.2) is 71.6 Å². The van der Waals surface area contributed by atoms with E-state index in [-0.39, 0.29) is 0 Å². The van der Waals surface area contributed by atoms with Crippen LogP contribution in [0.5, 0.6) is 0 Å². The van der Waals surface area contributed by atoms with Gasteiger partial charge in [-0.05, 0) is 25.1 Å². The summed E-state index contributed by atoms with van der Waals surface area (Å²) >= 11 is 0. The zero-order chi connectivity index (χ0) is 18.7. The Morgan fingerprint density at radius 1 is 1.26 bits per heavy atom. The lowest BCUT2D eigenvalue weighted by Gasteiger charge is -2.26. The van der Waals surface area contributed by atoms with E-state index in [0.29, 0.717) is 6.54 Å². The van der Waals surface area contributed by atoms with Crippen LogP contribution in [0, 0.1) is 0 Å². The zero-order valence-corrected chi connectivity index (χ0v) is 15.9. The number of aromatic nitrogens is 3. The van der Waals surface area contributed by atoms with E-state index in [4.69, 9.17) is 9.15 Å². The van der Waals surface area contributed by atoms with Crippen LogP contribution in [0.4, 0.5) is 0 Å². The van der Waals surface area contributed by atoms with Gasteiger partial charge in [0, 0.05) is 39.6 Å². The molecule has 0 unspecified atom stereocenters. The lowest BCUT2D eigenvalue weighted by molar-refractivity contribution is 0.0376. The average Bonchev–Trinajstić information content (AvgIpc) is 3.35. The SMILES string of the molecule is Cn1ncnc1CN=C(NCCCN1CCOCC1)NCCc1ccco1. The first kappa shape index (κ1) is 19.4. The largest absolute Gasteiger partial charge is 0.469 e. The quantitative estimate of drug-likeness (QED) is 0.372. The molecule has 27 heavy (non-hydrogen) atoms. The maximum absolute atomic E-state index is 5.39. The number of hydrogen-bond donors (Lipinski definition) is 2. The van der Waals surface area contributed by atoms with Crippen molar-refractivity contribution in [3.63, 3.8) is 0 Å². The number of nitrogens with one attached hydrogen (secondary N) is 2. The normalized spacial score (nSPS) is 15.8. The summed E-state index contributed by atoms with van der Waals surface area (Å²) in [7, 11) is 1.87. The van der Waals surface area contributed by atoms with Gasteiger partial charge in [0.05, 0.1) is 19.5 Å². The van der Waals surface area contributed by atoms with Crippen LogP contribution in [0.2, 0.25) is 0 Å². The molecule has 3 heterocycles. The van der Waals surface area contributed by atoms with Crippen molar-refractivity contribution in [2.75, 3.05) is 45.9 Å². The van der Waals surface area contributed by atoms with E-state index < -0.39 is 0 Å². The topological polar surface area (TPSA) is 92.7 Å². The average molecular weight is 375 g/mol. The third kappa shape index (κ3) is 6.69. The summed E-state index contributed by atoms with van der Waals surface area (Å²) in [6.07, 6.45) is 5.11. The number of guanidine groups is 1. The monoisotopic (exact) mass is 375 g/mol. The van der Waals surface area contributed by atoms with Gasteiger partial charge in [-0.1, -0.05) is 0 Å². The maximum atomic E-state index is 5.39. The third-order valence-electron chi connectivity index (χ3n) is 4.47. The molecule has 1 saturated heterocycles. The van der Waals surface area contributed by atoms with Crippen LogP contribution in [-0.2, 0) is 24.8 Å². The smallest absolute Gasteiger partial charge is 0.191 e. The van der Waals surface area contributed by atoms with Crippen LogP contribution < -0.4 is 10.6 Å². The van der Waals surface area contributed by atoms with Crippen LogP contribution in [0.25, 0.3) is 0 Å². The van der Waals surface area contributed by atoms with Crippen LogP contribution in [0.3, 0.4) is 0 Å². The number of rotatable bonds is 9. The van der Waals surface area contributed by atoms with Crippen LogP contribution >= 0.6 is 0 Å². The minimum atomic E-state index is 0.482. The predicted octanol–water partition coefficient (Wildman–Crippen LogP) is 0.408. The van der Waals surface area contributed by atoms with Crippen LogP contribution in [0.1, 0.15) is 18.0 Å². The van der Waals surface area contributed by atoms with Crippen molar-refractivity contribution in [3.05, 3.63) is 36.3 Å². The van der Waals surface area contributed by atoms with Crippen molar-refractivity contribution in [2.45, 2.75) is 19.4 Å². The molecule has 2 N–H and O–H groups in total. The van der Waals surface area contributed by atoms with Crippen molar-refractivity contribution < 1.29 is 9.15 Å². The van der Waals surface area contributed by atoms with Gasteiger partial charge in [0.2, 0.25) is 0 Å². The number of aliphatic imine (C=N–C) groups is 1. The van der Waals surface area contributed by atoms with Crippen molar-refractivity contribution in [3.8, 4) is 0 Å². The highest BCUT2D eigenvalue weighted by atomic mass is 16.5. The minimum absolute atomic E-state index is 0.482. The van der Waals surface area contributed by atoms with Gasteiger partial charge in [-0.15, -0.1) is 0 Å². The minimum Gasteiger partial charge on any atom is -0.469 e. The molecule has 9 nitrogen and oxygen atoms in total. The van der Waals surface area contributed by atoms with E-state index in [1.54, 1.807) is 17.3 Å². The first-order valence-electron chi connectivity index (χ1n) is 9.49. The molecule has 2 aromatic rings. The third-order valence-corrected chi connectivity index (χ3v) is 4.47. The molecule has 3 rings (SSSR count). The number of furan rings is 1. The summed E-state index contributed by atoms with van der Waals surface area (Å²) in [4.78, 5) is 11.3. The molecule has 0 bridgehead atoms. The summed E-state index contributed by atoms with van der Waals surface area (Å²) in [6.45, 7) is 6.89. The molecule has 9 heteroatoms. The zero-order valence-electron chi connectivity index (χ0n) is 15.9. The Morgan fingerprint density at radius 3 is 2.85 bits per heavy atom. The molecule has 0 radical (unpaired) electrons. The van der Waals surface area contributed by atoms with Gasteiger partial charge in [-0.2, -0.15) is 5.10 Å². The molecule has 2 aromatic heterocycles. The number of morpholine rings is 1. The highest BCUT2D eigenvalue weighted by molar-refractivity contribution is 5.79. The van der Waals surface area contributed by atoms with Gasteiger partial charge >= 0.3 is 0 Å². The Morgan fingerprint density at radius 2 is 2.11 bits per heavy atom. The van der Waals surface area contributed by atoms with Gasteiger partial charge in [0.25, 0.3) is 0 Å². The molecule has 0 aromatic carbocycles. The number of hydrogen-bond acceptors (Lipinski definition) is 6. The summed E-state index contributed by atoms with van der Waals surface area (Å²) in [6, 6.07) is 3.89. The predicted molar refractivity (Wildman–Crippen MR) is 102 cm³/mol. The lowest BCUT2D eigenvalue weighted by Crippen LogP contribution is -2.41. The summed E-state index contributed by atoms with van der Waals surface area (Å²) in [5.74, 6) is 2.57. The Hall–Kier alpha value is -2.39. The van der Waals surface area contributed by atoms with E-state index in [2.05, 4.69) is 30.6 Å². The number of nitrogens with zero attached hydrogens (tertiary/aromatic N) is 5. The highest BCUT2D eigenvalue weighted by Crippen LogP contribution is 2.00. The molecule has 1 aliphatic rings. The van der Waals surface area contributed by atoms with E-state index in [9.17, 15) is 0 Å². The second-order valence-corrected chi connectivity index (χ2v) is 6.46. The molecule has 1 fully saturated rings. The fourth-order valence-corrected chi connectivity index (χ4v) is 2.88. The lowest BCUT2D eigenvalue weighted by atomic mass is 10.3.